The summed E-state index contributed by atoms with van der Waals surface area (Å²) in [5.74, 6) is 0.785. The van der Waals surface area contributed by atoms with Gasteiger partial charge in [-0.25, -0.2) is 0 Å². The monoisotopic (exact) mass is 182 g/mol. The first-order valence-corrected chi connectivity index (χ1v) is 4.29. The van der Waals surface area contributed by atoms with Gasteiger partial charge >= 0.3 is 0 Å². The van der Waals surface area contributed by atoms with Gasteiger partial charge in [-0.3, -0.25) is 0 Å². The number of ether oxygens (including phenoxy) is 1. The predicted octanol–water partition coefficient (Wildman–Crippen LogP) is 0.809. The molecule has 0 aliphatic heterocycles. The van der Waals surface area contributed by atoms with E-state index in [1.807, 2.05) is 30.3 Å². The Labute approximate surface area is 77.6 Å². The Kier molecular flexibility index (Phi) is 4.29. The van der Waals surface area contributed by atoms with Crippen molar-refractivity contribution in [3.63, 3.8) is 0 Å². The van der Waals surface area contributed by atoms with Crippen LogP contribution >= 0.6 is 0 Å². The Morgan fingerprint density at radius 1 is 1.23 bits per heavy atom. The molecule has 1 aromatic carbocycles. The van der Waals surface area contributed by atoms with Gasteiger partial charge in [0, 0.05) is 6.42 Å². The van der Waals surface area contributed by atoms with E-state index in [-0.39, 0.29) is 6.61 Å². The van der Waals surface area contributed by atoms with E-state index >= 15 is 0 Å². The second-order valence-electron chi connectivity index (χ2n) is 2.79. The van der Waals surface area contributed by atoms with Gasteiger partial charge in [0.2, 0.25) is 0 Å². The Morgan fingerprint density at radius 2 is 1.92 bits per heavy atom. The maximum Gasteiger partial charge on any atom is 0.119 e. The van der Waals surface area contributed by atoms with E-state index in [0.717, 1.165) is 5.75 Å². The minimum atomic E-state index is -0.677. The number of aliphatic hydroxyl groups excluding tert-OH is 2. The molecule has 0 heterocycles. The van der Waals surface area contributed by atoms with Crippen molar-refractivity contribution < 1.29 is 14.9 Å². The number of rotatable bonds is 5. The molecule has 3 heteroatoms. The van der Waals surface area contributed by atoms with E-state index in [0.29, 0.717) is 13.0 Å². The summed E-state index contributed by atoms with van der Waals surface area (Å²) in [6.45, 7) is 0.212. The third-order valence-corrected chi connectivity index (χ3v) is 1.67. The standard InChI is InChI=1S/C10H14O3/c11-8-9(12)6-7-13-10-4-2-1-3-5-10/h1-5,9,11-12H,6-8H2. The van der Waals surface area contributed by atoms with Gasteiger partial charge in [0.25, 0.3) is 0 Å². The first-order chi connectivity index (χ1) is 6.33. The molecule has 0 saturated carbocycles. The lowest BCUT2D eigenvalue weighted by Gasteiger charge is -2.08. The number of para-hydroxylation sites is 1. The first kappa shape index (κ1) is 10.0. The summed E-state index contributed by atoms with van der Waals surface area (Å²) in [5, 5.41) is 17.5. The minimum absolute atomic E-state index is 0.210. The summed E-state index contributed by atoms with van der Waals surface area (Å²) in [6.07, 6.45) is -0.227. The average molecular weight is 182 g/mol. The summed E-state index contributed by atoms with van der Waals surface area (Å²) >= 11 is 0. The fourth-order valence-corrected chi connectivity index (χ4v) is 0.921. The number of aliphatic hydroxyl groups is 2. The molecule has 0 radical (unpaired) electrons. The Balaban J connectivity index is 2.20. The van der Waals surface area contributed by atoms with Crippen molar-refractivity contribution in [2.75, 3.05) is 13.2 Å². The van der Waals surface area contributed by atoms with Gasteiger partial charge in [0.15, 0.2) is 0 Å². The van der Waals surface area contributed by atoms with Crippen LogP contribution in [0.3, 0.4) is 0 Å². The average Bonchev–Trinajstić information content (AvgIpc) is 2.19. The lowest BCUT2D eigenvalue weighted by molar-refractivity contribution is 0.0754. The highest BCUT2D eigenvalue weighted by Crippen LogP contribution is 2.08. The number of benzene rings is 1. The SMILES string of the molecule is OCC(O)CCOc1ccccc1. The molecule has 0 aliphatic carbocycles. The summed E-state index contributed by atoms with van der Waals surface area (Å²) < 4.78 is 5.31. The van der Waals surface area contributed by atoms with Crippen LogP contribution in [0.1, 0.15) is 6.42 Å². The van der Waals surface area contributed by atoms with E-state index in [4.69, 9.17) is 14.9 Å². The predicted molar refractivity (Wildman–Crippen MR) is 49.6 cm³/mol. The fourth-order valence-electron chi connectivity index (χ4n) is 0.921. The highest BCUT2D eigenvalue weighted by Gasteiger charge is 2.01. The highest BCUT2D eigenvalue weighted by molar-refractivity contribution is 5.20. The lowest BCUT2D eigenvalue weighted by atomic mass is 10.3. The Morgan fingerprint density at radius 3 is 2.54 bits per heavy atom. The van der Waals surface area contributed by atoms with Gasteiger partial charge in [-0.15, -0.1) is 0 Å². The van der Waals surface area contributed by atoms with E-state index in [1.54, 1.807) is 0 Å². The molecule has 0 aliphatic rings. The zero-order valence-electron chi connectivity index (χ0n) is 7.39. The van der Waals surface area contributed by atoms with Crippen LogP contribution in [-0.2, 0) is 0 Å². The summed E-state index contributed by atoms with van der Waals surface area (Å²) in [7, 11) is 0. The van der Waals surface area contributed by atoms with Crippen molar-refractivity contribution >= 4 is 0 Å². The van der Waals surface area contributed by atoms with Crippen LogP contribution in [0.4, 0.5) is 0 Å². The van der Waals surface area contributed by atoms with E-state index in [1.165, 1.54) is 0 Å². The summed E-state index contributed by atoms with van der Waals surface area (Å²) in [4.78, 5) is 0. The molecular weight excluding hydrogens is 168 g/mol. The molecule has 13 heavy (non-hydrogen) atoms. The third kappa shape index (κ3) is 3.92. The molecule has 1 unspecified atom stereocenters. The Hall–Kier alpha value is -1.06. The van der Waals surface area contributed by atoms with Gasteiger partial charge in [-0.2, -0.15) is 0 Å². The van der Waals surface area contributed by atoms with Crippen LogP contribution in [0.25, 0.3) is 0 Å². The van der Waals surface area contributed by atoms with Crippen LogP contribution in [-0.4, -0.2) is 29.5 Å². The molecule has 0 amide bonds. The molecular formula is C10H14O3. The number of hydrogen-bond donors (Lipinski definition) is 2. The lowest BCUT2D eigenvalue weighted by Crippen LogP contribution is -2.15. The van der Waals surface area contributed by atoms with Crippen molar-refractivity contribution in [2.45, 2.75) is 12.5 Å². The molecule has 0 spiro atoms. The quantitative estimate of drug-likeness (QED) is 0.708. The Bertz CT molecular complexity index is 223. The summed E-state index contributed by atoms with van der Waals surface area (Å²) in [6, 6.07) is 9.39. The van der Waals surface area contributed by atoms with E-state index in [9.17, 15) is 0 Å². The molecule has 2 N–H and O–H groups in total. The topological polar surface area (TPSA) is 49.7 Å². The highest BCUT2D eigenvalue weighted by atomic mass is 16.5. The molecule has 0 aromatic heterocycles. The summed E-state index contributed by atoms with van der Waals surface area (Å²) in [5.41, 5.74) is 0. The van der Waals surface area contributed by atoms with E-state index in [2.05, 4.69) is 0 Å². The minimum Gasteiger partial charge on any atom is -0.493 e. The fraction of sp³-hybridized carbons (Fsp3) is 0.400. The van der Waals surface area contributed by atoms with Gasteiger partial charge in [0.05, 0.1) is 19.3 Å². The molecule has 1 rings (SSSR count). The van der Waals surface area contributed by atoms with Gasteiger partial charge in [0.1, 0.15) is 5.75 Å². The molecule has 72 valence electrons. The molecule has 1 aromatic rings. The van der Waals surface area contributed by atoms with Gasteiger partial charge in [-0.05, 0) is 12.1 Å². The molecule has 0 saturated heterocycles. The first-order valence-electron chi connectivity index (χ1n) is 4.29. The van der Waals surface area contributed by atoms with Crippen molar-refractivity contribution in [1.82, 2.24) is 0 Å². The zero-order chi connectivity index (χ0) is 9.52. The third-order valence-electron chi connectivity index (χ3n) is 1.67. The van der Waals surface area contributed by atoms with Crippen molar-refractivity contribution in [1.29, 1.82) is 0 Å². The van der Waals surface area contributed by atoms with Crippen molar-refractivity contribution in [3.8, 4) is 5.75 Å². The second kappa shape index (κ2) is 5.56. The maximum atomic E-state index is 9.01. The van der Waals surface area contributed by atoms with Crippen LogP contribution in [0.15, 0.2) is 30.3 Å². The normalized spacial score (nSPS) is 12.5. The van der Waals surface area contributed by atoms with E-state index < -0.39 is 6.10 Å². The van der Waals surface area contributed by atoms with Crippen LogP contribution in [0.5, 0.6) is 5.75 Å². The van der Waals surface area contributed by atoms with Gasteiger partial charge < -0.3 is 14.9 Å². The molecule has 1 atom stereocenters. The van der Waals surface area contributed by atoms with Crippen LogP contribution < -0.4 is 4.74 Å². The molecule has 3 nitrogen and oxygen atoms in total. The van der Waals surface area contributed by atoms with Crippen LogP contribution in [0.2, 0.25) is 0 Å². The largest absolute Gasteiger partial charge is 0.493 e. The smallest absolute Gasteiger partial charge is 0.119 e. The zero-order valence-corrected chi connectivity index (χ0v) is 7.39. The van der Waals surface area contributed by atoms with Crippen LogP contribution in [0, 0.1) is 0 Å². The second-order valence-corrected chi connectivity index (χ2v) is 2.79. The molecule has 0 fully saturated rings. The number of hydrogen-bond acceptors (Lipinski definition) is 3. The van der Waals surface area contributed by atoms with Gasteiger partial charge in [-0.1, -0.05) is 18.2 Å². The van der Waals surface area contributed by atoms with Crippen molar-refractivity contribution in [2.24, 2.45) is 0 Å². The molecule has 0 bridgehead atoms. The van der Waals surface area contributed by atoms with Crippen molar-refractivity contribution in [3.05, 3.63) is 30.3 Å². The maximum absolute atomic E-state index is 9.01.